The number of ether oxygens (including phenoxy) is 2. The van der Waals surface area contributed by atoms with Gasteiger partial charge in [-0.1, -0.05) is 11.6 Å². The molecule has 1 aromatic carbocycles. The molecule has 3 N–H and O–H groups in total. The highest BCUT2D eigenvalue weighted by atomic mass is 35.5. The largest absolute Gasteiger partial charge is 0.492 e. The van der Waals surface area contributed by atoms with Gasteiger partial charge in [0, 0.05) is 50.7 Å². The maximum atomic E-state index is 12.8. The van der Waals surface area contributed by atoms with Crippen LogP contribution in [0.5, 0.6) is 5.75 Å². The van der Waals surface area contributed by atoms with Crippen LogP contribution in [0.2, 0.25) is 5.02 Å². The second kappa shape index (κ2) is 8.06. The zero-order chi connectivity index (χ0) is 21.7. The average Bonchev–Trinajstić information content (AvgIpc) is 3.16. The Hall–Kier alpha value is -2.19. The first kappa shape index (κ1) is 20.7. The number of nitrogens with two attached hydrogens (primary N) is 1. The topological polar surface area (TPSA) is 97.1 Å². The summed E-state index contributed by atoms with van der Waals surface area (Å²) in [7, 11) is 1.43. The predicted molar refractivity (Wildman–Crippen MR) is 116 cm³/mol. The third-order valence-electron chi connectivity index (χ3n) is 7.53. The predicted octanol–water partition coefficient (Wildman–Crippen LogP) is 2.00. The molecule has 8 nitrogen and oxygen atoms in total. The Morgan fingerprint density at radius 2 is 2.00 bits per heavy atom. The van der Waals surface area contributed by atoms with E-state index in [1.54, 1.807) is 11.0 Å². The lowest BCUT2D eigenvalue weighted by Gasteiger charge is -2.37. The number of halogens is 1. The molecule has 9 heteroatoms. The maximum absolute atomic E-state index is 12.8. The first-order valence-electron chi connectivity index (χ1n) is 11.1. The van der Waals surface area contributed by atoms with Crippen LogP contribution in [0.4, 0.5) is 10.5 Å². The molecule has 2 atom stereocenters. The number of carbonyl (C=O) groups is 2. The molecule has 168 valence electrons. The molecular weight excluding hydrogens is 420 g/mol. The molecule has 1 aromatic rings. The molecular formula is C22H29ClN4O4. The Morgan fingerprint density at radius 1 is 1.29 bits per heavy atom. The Morgan fingerprint density at radius 3 is 2.68 bits per heavy atom. The van der Waals surface area contributed by atoms with Crippen molar-refractivity contribution in [3.63, 3.8) is 0 Å². The summed E-state index contributed by atoms with van der Waals surface area (Å²) >= 11 is 6.22. The molecule has 1 aliphatic carbocycles. The van der Waals surface area contributed by atoms with Gasteiger partial charge in [-0.15, -0.1) is 0 Å². The zero-order valence-electron chi connectivity index (χ0n) is 17.7. The summed E-state index contributed by atoms with van der Waals surface area (Å²) < 4.78 is 10.5. The van der Waals surface area contributed by atoms with Gasteiger partial charge in [0.15, 0.2) is 0 Å². The molecule has 1 saturated carbocycles. The van der Waals surface area contributed by atoms with Crippen molar-refractivity contribution in [2.75, 3.05) is 52.2 Å². The molecule has 2 unspecified atom stereocenters. The van der Waals surface area contributed by atoms with Gasteiger partial charge in [-0.25, -0.2) is 4.79 Å². The van der Waals surface area contributed by atoms with Crippen molar-refractivity contribution in [3.05, 3.63) is 22.2 Å². The van der Waals surface area contributed by atoms with Gasteiger partial charge < -0.3 is 25.4 Å². The van der Waals surface area contributed by atoms with E-state index in [0.29, 0.717) is 65.4 Å². The number of nitrogens with one attached hydrogen (secondary N) is 1. The number of hydrogen-bond acceptors (Lipinski definition) is 6. The minimum Gasteiger partial charge on any atom is -0.492 e. The molecule has 0 radical (unpaired) electrons. The first-order valence-corrected chi connectivity index (χ1v) is 11.4. The van der Waals surface area contributed by atoms with Gasteiger partial charge in [0.1, 0.15) is 5.75 Å². The normalized spacial score (nSPS) is 27.4. The molecule has 4 aliphatic rings. The summed E-state index contributed by atoms with van der Waals surface area (Å²) in [5.41, 5.74) is 7.87. The van der Waals surface area contributed by atoms with E-state index in [9.17, 15) is 9.59 Å². The highest BCUT2D eigenvalue weighted by molar-refractivity contribution is 6.33. The van der Waals surface area contributed by atoms with Crippen LogP contribution in [0.25, 0.3) is 0 Å². The fourth-order valence-electron chi connectivity index (χ4n) is 5.67. The number of nitrogen functional groups attached to an aromatic ring is 1. The Labute approximate surface area is 187 Å². The van der Waals surface area contributed by atoms with Crippen LogP contribution in [0.15, 0.2) is 6.07 Å². The molecule has 3 fully saturated rings. The summed E-state index contributed by atoms with van der Waals surface area (Å²) in [6, 6.07) is 2.16. The number of piperidine rings is 2. The summed E-state index contributed by atoms with van der Waals surface area (Å²) in [6.07, 6.45) is 2.46. The van der Waals surface area contributed by atoms with Crippen LogP contribution < -0.4 is 15.8 Å². The lowest BCUT2D eigenvalue weighted by molar-refractivity contribution is 0.0854. The standard InChI is InChI=1S/C22H29ClN4O4/c1-30-22(29)26-5-2-12(3-6-26)27-10-16-15(17(16)11-27)9-25-21(28)14-8-18(23)19(24)13-4-7-31-20(13)14/h8,12,15-17H,2-7,9-11,24H2,1H3,(H,25,28). The van der Waals surface area contributed by atoms with Gasteiger partial charge in [-0.3, -0.25) is 9.69 Å². The molecule has 3 aliphatic heterocycles. The second-order valence-corrected chi connectivity index (χ2v) is 9.48. The maximum Gasteiger partial charge on any atom is 0.409 e. The summed E-state index contributed by atoms with van der Waals surface area (Å²) in [5, 5.41) is 3.50. The monoisotopic (exact) mass is 448 g/mol. The van der Waals surface area contributed by atoms with E-state index in [4.69, 9.17) is 26.8 Å². The van der Waals surface area contributed by atoms with Crippen molar-refractivity contribution in [3.8, 4) is 5.75 Å². The average molecular weight is 449 g/mol. The van der Waals surface area contributed by atoms with Crippen LogP contribution in [0, 0.1) is 17.8 Å². The van der Waals surface area contributed by atoms with Crippen molar-refractivity contribution < 1.29 is 19.1 Å². The minimum absolute atomic E-state index is 0.142. The first-order chi connectivity index (χ1) is 15.0. The van der Waals surface area contributed by atoms with E-state index in [-0.39, 0.29) is 12.0 Å². The van der Waals surface area contributed by atoms with Crippen molar-refractivity contribution in [1.29, 1.82) is 0 Å². The SMILES string of the molecule is COC(=O)N1CCC(N2CC3C(CNC(=O)c4cc(Cl)c(N)c5c4OCC5)C3C2)CC1. The Bertz CT molecular complexity index is 890. The quantitative estimate of drug-likeness (QED) is 0.684. The molecule has 31 heavy (non-hydrogen) atoms. The Kier molecular flexibility index (Phi) is 5.38. The summed E-state index contributed by atoms with van der Waals surface area (Å²) in [5.74, 6) is 2.28. The number of anilines is 1. The number of carbonyl (C=O) groups excluding carboxylic acids is 2. The van der Waals surface area contributed by atoms with E-state index in [1.807, 2.05) is 0 Å². The molecule has 3 heterocycles. The van der Waals surface area contributed by atoms with Crippen LogP contribution in [0.1, 0.15) is 28.8 Å². The van der Waals surface area contributed by atoms with Crippen LogP contribution in [-0.4, -0.2) is 74.3 Å². The second-order valence-electron chi connectivity index (χ2n) is 9.07. The minimum atomic E-state index is -0.225. The lowest BCUT2D eigenvalue weighted by atomic mass is 10.0. The van der Waals surface area contributed by atoms with Crippen molar-refractivity contribution in [2.24, 2.45) is 17.8 Å². The van der Waals surface area contributed by atoms with Crippen molar-refractivity contribution in [1.82, 2.24) is 15.1 Å². The van der Waals surface area contributed by atoms with Gasteiger partial charge in [0.25, 0.3) is 5.91 Å². The zero-order valence-corrected chi connectivity index (χ0v) is 18.5. The van der Waals surface area contributed by atoms with Gasteiger partial charge in [0.2, 0.25) is 0 Å². The van der Waals surface area contributed by atoms with E-state index in [2.05, 4.69) is 10.2 Å². The fraction of sp³-hybridized carbons (Fsp3) is 0.636. The van der Waals surface area contributed by atoms with E-state index in [0.717, 1.165) is 44.6 Å². The number of rotatable bonds is 4. The number of methoxy groups -OCH3 is 1. The molecule has 0 bridgehead atoms. The van der Waals surface area contributed by atoms with Crippen LogP contribution in [0.3, 0.4) is 0 Å². The third-order valence-corrected chi connectivity index (χ3v) is 7.84. The smallest absolute Gasteiger partial charge is 0.409 e. The van der Waals surface area contributed by atoms with Gasteiger partial charge in [-0.05, 0) is 36.7 Å². The van der Waals surface area contributed by atoms with Crippen molar-refractivity contribution >= 4 is 29.3 Å². The Balaban J connectivity index is 1.11. The summed E-state index contributed by atoms with van der Waals surface area (Å²) in [4.78, 5) is 28.8. The molecule has 5 rings (SSSR count). The van der Waals surface area contributed by atoms with Gasteiger partial charge >= 0.3 is 6.09 Å². The highest BCUT2D eigenvalue weighted by Gasteiger charge is 2.56. The van der Waals surface area contributed by atoms with E-state index >= 15 is 0 Å². The number of likely N-dealkylation sites (tertiary alicyclic amines) is 2. The lowest BCUT2D eigenvalue weighted by Crippen LogP contribution is -2.47. The number of nitrogens with zero attached hydrogens (tertiary/aromatic N) is 2. The molecule has 0 aromatic heterocycles. The number of fused-ring (bicyclic) bond motifs is 2. The number of benzene rings is 1. The van der Waals surface area contributed by atoms with E-state index < -0.39 is 0 Å². The number of amides is 2. The number of hydrogen-bond donors (Lipinski definition) is 2. The summed E-state index contributed by atoms with van der Waals surface area (Å²) in [6.45, 7) is 4.90. The fourth-order valence-corrected chi connectivity index (χ4v) is 5.89. The van der Waals surface area contributed by atoms with E-state index in [1.165, 1.54) is 7.11 Å². The van der Waals surface area contributed by atoms with Crippen molar-refractivity contribution in [2.45, 2.75) is 25.3 Å². The molecule has 0 spiro atoms. The van der Waals surface area contributed by atoms with Gasteiger partial charge in [-0.2, -0.15) is 0 Å². The third kappa shape index (κ3) is 3.69. The highest BCUT2D eigenvalue weighted by Crippen LogP contribution is 2.52. The van der Waals surface area contributed by atoms with Gasteiger partial charge in [0.05, 0.1) is 30.0 Å². The molecule has 2 saturated heterocycles. The molecule has 2 amide bonds. The van der Waals surface area contributed by atoms with Crippen LogP contribution in [-0.2, 0) is 11.2 Å². The van der Waals surface area contributed by atoms with Crippen LogP contribution >= 0.6 is 11.6 Å².